The molecule has 2 heterocycles. The van der Waals surface area contributed by atoms with Crippen LogP contribution in [0.3, 0.4) is 0 Å². The second-order valence-electron chi connectivity index (χ2n) is 3.20. The molecule has 2 aromatic rings. The second kappa shape index (κ2) is 4.07. The fraction of sp³-hybridized carbons (Fsp3) is 0.182. The molecule has 0 aliphatic heterocycles. The van der Waals surface area contributed by atoms with Crippen LogP contribution >= 0.6 is 0 Å². The monoisotopic (exact) mass is 187 g/mol. The van der Waals surface area contributed by atoms with Gasteiger partial charge in [0.15, 0.2) is 0 Å². The molecule has 0 aromatic carbocycles. The van der Waals surface area contributed by atoms with E-state index < -0.39 is 0 Å². The molecule has 2 aromatic heterocycles. The summed E-state index contributed by atoms with van der Waals surface area (Å²) in [5, 5.41) is 0. The summed E-state index contributed by atoms with van der Waals surface area (Å²) in [6.45, 7) is 0.589. The Morgan fingerprint density at radius 2 is 2.29 bits per heavy atom. The van der Waals surface area contributed by atoms with Crippen molar-refractivity contribution in [3.63, 3.8) is 0 Å². The Bertz CT molecular complexity index is 367. The maximum absolute atomic E-state index is 5.75. The van der Waals surface area contributed by atoms with Gasteiger partial charge in [-0.3, -0.25) is 4.98 Å². The minimum atomic E-state index is 0.221. The first-order valence-electron chi connectivity index (χ1n) is 4.65. The number of hydrogen-bond acceptors (Lipinski definition) is 2. The summed E-state index contributed by atoms with van der Waals surface area (Å²) in [5.74, 6) is 0.221. The molecule has 0 aliphatic carbocycles. The van der Waals surface area contributed by atoms with Crippen molar-refractivity contribution in [2.75, 3.05) is 6.54 Å². The smallest absolute Gasteiger partial charge is 0.0378 e. The van der Waals surface area contributed by atoms with Crippen molar-refractivity contribution in [3.05, 3.63) is 54.1 Å². The van der Waals surface area contributed by atoms with Gasteiger partial charge in [0.05, 0.1) is 0 Å². The Kier molecular flexibility index (Phi) is 2.60. The molecule has 0 saturated heterocycles. The molecule has 1 atom stereocenters. The number of nitrogens with two attached hydrogens (primary N) is 1. The Labute approximate surface area is 83.0 Å². The van der Waals surface area contributed by atoms with E-state index in [2.05, 4.69) is 9.97 Å². The number of nitrogens with zero attached hydrogens (tertiary/aromatic N) is 1. The molecule has 0 saturated carbocycles. The summed E-state index contributed by atoms with van der Waals surface area (Å²) in [5.41, 5.74) is 8.04. The number of pyridine rings is 1. The molecule has 0 aliphatic rings. The molecule has 0 bridgehead atoms. The predicted octanol–water partition coefficient (Wildman–Crippen LogP) is 1.50. The van der Waals surface area contributed by atoms with Crippen LogP contribution in [0.5, 0.6) is 0 Å². The highest BCUT2D eigenvalue weighted by Crippen LogP contribution is 2.20. The fourth-order valence-electron chi connectivity index (χ4n) is 1.59. The van der Waals surface area contributed by atoms with Gasteiger partial charge >= 0.3 is 0 Å². The first-order valence-corrected chi connectivity index (χ1v) is 4.65. The lowest BCUT2D eigenvalue weighted by molar-refractivity contribution is 0.790. The maximum atomic E-state index is 5.75. The van der Waals surface area contributed by atoms with Crippen molar-refractivity contribution in [1.82, 2.24) is 9.97 Å². The normalized spacial score (nSPS) is 12.6. The summed E-state index contributed by atoms with van der Waals surface area (Å²) in [4.78, 5) is 7.27. The van der Waals surface area contributed by atoms with Crippen LogP contribution < -0.4 is 5.73 Å². The zero-order valence-electron chi connectivity index (χ0n) is 7.85. The quantitative estimate of drug-likeness (QED) is 0.765. The van der Waals surface area contributed by atoms with E-state index in [9.17, 15) is 0 Å². The van der Waals surface area contributed by atoms with E-state index in [0.29, 0.717) is 6.54 Å². The highest BCUT2D eigenvalue weighted by molar-refractivity contribution is 5.26. The van der Waals surface area contributed by atoms with Crippen molar-refractivity contribution in [3.8, 4) is 0 Å². The molecule has 3 N–H and O–H groups in total. The fourth-order valence-corrected chi connectivity index (χ4v) is 1.59. The number of hydrogen-bond donors (Lipinski definition) is 2. The molecule has 3 heteroatoms. The Morgan fingerprint density at radius 3 is 2.86 bits per heavy atom. The molecule has 2 rings (SSSR count). The van der Waals surface area contributed by atoms with Gasteiger partial charge in [0, 0.05) is 36.7 Å². The molecule has 14 heavy (non-hydrogen) atoms. The van der Waals surface area contributed by atoms with Crippen LogP contribution in [0.2, 0.25) is 0 Å². The highest BCUT2D eigenvalue weighted by Gasteiger charge is 2.12. The molecule has 0 fully saturated rings. The Morgan fingerprint density at radius 1 is 1.36 bits per heavy atom. The van der Waals surface area contributed by atoms with Crippen molar-refractivity contribution in [2.24, 2.45) is 5.73 Å². The highest BCUT2D eigenvalue weighted by atomic mass is 14.7. The number of rotatable bonds is 3. The second-order valence-corrected chi connectivity index (χ2v) is 3.20. The van der Waals surface area contributed by atoms with Gasteiger partial charge in [0.25, 0.3) is 0 Å². The van der Waals surface area contributed by atoms with E-state index in [1.807, 2.05) is 36.7 Å². The largest absolute Gasteiger partial charge is 0.364 e. The molecule has 0 amide bonds. The van der Waals surface area contributed by atoms with Gasteiger partial charge in [-0.1, -0.05) is 6.07 Å². The van der Waals surface area contributed by atoms with Crippen LogP contribution in [0.4, 0.5) is 0 Å². The van der Waals surface area contributed by atoms with Crippen LogP contribution in [-0.4, -0.2) is 16.5 Å². The Hall–Kier alpha value is -1.61. The SMILES string of the molecule is NCC(c1cccnc1)c1ccc[nH]1. The van der Waals surface area contributed by atoms with Gasteiger partial charge in [-0.15, -0.1) is 0 Å². The molecular formula is C11H13N3. The van der Waals surface area contributed by atoms with Crippen LogP contribution in [0.25, 0.3) is 0 Å². The predicted molar refractivity (Wildman–Crippen MR) is 55.9 cm³/mol. The molecule has 1 unspecified atom stereocenters. The van der Waals surface area contributed by atoms with Gasteiger partial charge in [-0.05, 0) is 23.8 Å². The number of nitrogens with one attached hydrogen (secondary N) is 1. The van der Waals surface area contributed by atoms with Crippen LogP contribution in [0, 0.1) is 0 Å². The molecular weight excluding hydrogens is 174 g/mol. The lowest BCUT2D eigenvalue weighted by Gasteiger charge is -2.12. The summed E-state index contributed by atoms with van der Waals surface area (Å²) in [6.07, 6.45) is 5.54. The van der Waals surface area contributed by atoms with Gasteiger partial charge in [0.1, 0.15) is 0 Å². The van der Waals surface area contributed by atoms with Gasteiger partial charge in [-0.2, -0.15) is 0 Å². The van der Waals surface area contributed by atoms with Crippen molar-refractivity contribution in [2.45, 2.75) is 5.92 Å². The summed E-state index contributed by atoms with van der Waals surface area (Å²) in [6, 6.07) is 8.01. The van der Waals surface area contributed by atoms with E-state index in [1.54, 1.807) is 6.20 Å². The third kappa shape index (κ3) is 1.67. The minimum absolute atomic E-state index is 0.221. The van der Waals surface area contributed by atoms with E-state index in [1.165, 1.54) is 0 Å². The maximum Gasteiger partial charge on any atom is 0.0378 e. The lowest BCUT2D eigenvalue weighted by atomic mass is 9.98. The standard InChI is InChI=1S/C11H13N3/c12-7-10(11-4-2-6-14-11)9-3-1-5-13-8-9/h1-6,8,10,14H,7,12H2. The van der Waals surface area contributed by atoms with Gasteiger partial charge in [-0.25, -0.2) is 0 Å². The molecule has 72 valence electrons. The summed E-state index contributed by atoms with van der Waals surface area (Å²) < 4.78 is 0. The zero-order valence-corrected chi connectivity index (χ0v) is 7.85. The molecule has 0 radical (unpaired) electrons. The number of aromatic nitrogens is 2. The number of H-pyrrole nitrogens is 1. The van der Waals surface area contributed by atoms with Crippen molar-refractivity contribution in [1.29, 1.82) is 0 Å². The van der Waals surface area contributed by atoms with E-state index in [4.69, 9.17) is 5.73 Å². The lowest BCUT2D eigenvalue weighted by Crippen LogP contribution is -2.14. The third-order valence-corrected chi connectivity index (χ3v) is 2.32. The van der Waals surface area contributed by atoms with Crippen molar-refractivity contribution < 1.29 is 0 Å². The number of aromatic amines is 1. The first-order chi connectivity index (χ1) is 6.92. The summed E-state index contributed by atoms with van der Waals surface area (Å²) >= 11 is 0. The van der Waals surface area contributed by atoms with Crippen LogP contribution in [0.15, 0.2) is 42.9 Å². The summed E-state index contributed by atoms with van der Waals surface area (Å²) in [7, 11) is 0. The molecule has 3 nitrogen and oxygen atoms in total. The minimum Gasteiger partial charge on any atom is -0.364 e. The van der Waals surface area contributed by atoms with E-state index in [0.717, 1.165) is 11.3 Å². The van der Waals surface area contributed by atoms with Crippen molar-refractivity contribution >= 4 is 0 Å². The Balaban J connectivity index is 2.31. The van der Waals surface area contributed by atoms with Crippen LogP contribution in [-0.2, 0) is 0 Å². The van der Waals surface area contributed by atoms with E-state index in [-0.39, 0.29) is 5.92 Å². The third-order valence-electron chi connectivity index (χ3n) is 2.32. The zero-order chi connectivity index (χ0) is 9.80. The van der Waals surface area contributed by atoms with Gasteiger partial charge in [0.2, 0.25) is 0 Å². The van der Waals surface area contributed by atoms with Gasteiger partial charge < -0.3 is 10.7 Å². The average molecular weight is 187 g/mol. The average Bonchev–Trinajstić information content (AvgIpc) is 2.74. The van der Waals surface area contributed by atoms with E-state index >= 15 is 0 Å². The topological polar surface area (TPSA) is 54.7 Å². The molecule has 0 spiro atoms. The van der Waals surface area contributed by atoms with Crippen LogP contribution in [0.1, 0.15) is 17.2 Å². The first kappa shape index (κ1) is 8.97.